The topological polar surface area (TPSA) is 30.5 Å². The van der Waals surface area contributed by atoms with Gasteiger partial charge in [-0.1, -0.05) is 11.6 Å². The maximum atomic E-state index is 5.88. The van der Waals surface area contributed by atoms with Crippen molar-refractivity contribution in [2.75, 3.05) is 26.4 Å². The van der Waals surface area contributed by atoms with E-state index in [0.717, 1.165) is 29.5 Å². The molecule has 1 aliphatic heterocycles. The monoisotopic (exact) mass is 241 g/mol. The summed E-state index contributed by atoms with van der Waals surface area (Å²) >= 11 is 5.88. The van der Waals surface area contributed by atoms with Crippen LogP contribution in [0.5, 0.6) is 5.75 Å². The van der Waals surface area contributed by atoms with Crippen LogP contribution in [0.1, 0.15) is 5.56 Å². The summed E-state index contributed by atoms with van der Waals surface area (Å²) in [7, 11) is 0. The predicted octanol–water partition coefficient (Wildman–Crippen LogP) is 2.02. The SMILES string of the molecule is Cc1cc(Cl)ccc1OCC1COCCN1. The van der Waals surface area contributed by atoms with Crippen LogP contribution in [0.4, 0.5) is 0 Å². The quantitative estimate of drug-likeness (QED) is 0.878. The third kappa shape index (κ3) is 3.11. The summed E-state index contributed by atoms with van der Waals surface area (Å²) in [6.07, 6.45) is 0. The van der Waals surface area contributed by atoms with Gasteiger partial charge in [-0.3, -0.25) is 0 Å². The molecule has 1 aromatic rings. The molecule has 0 aromatic heterocycles. The van der Waals surface area contributed by atoms with E-state index in [-0.39, 0.29) is 6.04 Å². The van der Waals surface area contributed by atoms with E-state index < -0.39 is 0 Å². The number of hydrogen-bond donors (Lipinski definition) is 1. The maximum absolute atomic E-state index is 5.88. The van der Waals surface area contributed by atoms with Crippen LogP contribution in [-0.4, -0.2) is 32.4 Å². The fraction of sp³-hybridized carbons (Fsp3) is 0.500. The summed E-state index contributed by atoms with van der Waals surface area (Å²) in [6, 6.07) is 5.93. The molecule has 1 N–H and O–H groups in total. The second-order valence-corrected chi connectivity index (χ2v) is 4.38. The van der Waals surface area contributed by atoms with Crippen LogP contribution in [0, 0.1) is 6.92 Å². The Morgan fingerprint density at radius 1 is 1.56 bits per heavy atom. The first-order chi connectivity index (χ1) is 7.75. The van der Waals surface area contributed by atoms with E-state index in [4.69, 9.17) is 21.1 Å². The minimum Gasteiger partial charge on any atom is -0.492 e. The minimum absolute atomic E-state index is 0.281. The van der Waals surface area contributed by atoms with Gasteiger partial charge in [-0.2, -0.15) is 0 Å². The standard InChI is InChI=1S/C12H16ClNO2/c1-9-6-10(13)2-3-12(9)16-8-11-7-15-5-4-14-11/h2-3,6,11,14H,4-5,7-8H2,1H3. The molecule has 2 rings (SSSR count). The zero-order valence-corrected chi connectivity index (χ0v) is 10.1. The van der Waals surface area contributed by atoms with Gasteiger partial charge < -0.3 is 14.8 Å². The van der Waals surface area contributed by atoms with Gasteiger partial charge in [0, 0.05) is 11.6 Å². The first kappa shape index (κ1) is 11.7. The zero-order chi connectivity index (χ0) is 11.4. The Morgan fingerprint density at radius 2 is 2.44 bits per heavy atom. The lowest BCUT2D eigenvalue weighted by molar-refractivity contribution is 0.0591. The average Bonchev–Trinajstić information content (AvgIpc) is 2.29. The predicted molar refractivity (Wildman–Crippen MR) is 64.3 cm³/mol. The Bertz CT molecular complexity index is 351. The number of benzene rings is 1. The van der Waals surface area contributed by atoms with E-state index in [0.29, 0.717) is 13.2 Å². The smallest absolute Gasteiger partial charge is 0.122 e. The Balaban J connectivity index is 1.88. The highest BCUT2D eigenvalue weighted by atomic mass is 35.5. The molecule has 1 heterocycles. The zero-order valence-electron chi connectivity index (χ0n) is 9.33. The lowest BCUT2D eigenvalue weighted by Crippen LogP contribution is -2.44. The molecular formula is C12H16ClNO2. The molecule has 88 valence electrons. The summed E-state index contributed by atoms with van der Waals surface area (Å²) in [6.45, 7) is 5.02. The molecule has 1 aliphatic rings. The van der Waals surface area contributed by atoms with Crippen LogP contribution in [0.3, 0.4) is 0 Å². The largest absolute Gasteiger partial charge is 0.492 e. The van der Waals surface area contributed by atoms with Gasteiger partial charge in [0.05, 0.1) is 19.3 Å². The molecule has 0 spiro atoms. The van der Waals surface area contributed by atoms with E-state index in [1.807, 2.05) is 25.1 Å². The van der Waals surface area contributed by atoms with Crippen LogP contribution in [-0.2, 0) is 4.74 Å². The molecular weight excluding hydrogens is 226 g/mol. The van der Waals surface area contributed by atoms with Crippen molar-refractivity contribution in [1.29, 1.82) is 0 Å². The van der Waals surface area contributed by atoms with Crippen molar-refractivity contribution in [3.8, 4) is 5.75 Å². The highest BCUT2D eigenvalue weighted by molar-refractivity contribution is 6.30. The molecule has 4 heteroatoms. The van der Waals surface area contributed by atoms with Gasteiger partial charge in [0.1, 0.15) is 12.4 Å². The fourth-order valence-corrected chi connectivity index (χ4v) is 1.92. The number of hydrogen-bond acceptors (Lipinski definition) is 3. The minimum atomic E-state index is 0.281. The third-order valence-corrected chi connectivity index (χ3v) is 2.81. The van der Waals surface area contributed by atoms with Gasteiger partial charge in [-0.25, -0.2) is 0 Å². The van der Waals surface area contributed by atoms with E-state index in [2.05, 4.69) is 5.32 Å². The van der Waals surface area contributed by atoms with Gasteiger partial charge in [0.15, 0.2) is 0 Å². The molecule has 1 unspecified atom stereocenters. The Morgan fingerprint density at radius 3 is 3.12 bits per heavy atom. The molecule has 3 nitrogen and oxygen atoms in total. The molecule has 0 bridgehead atoms. The summed E-state index contributed by atoms with van der Waals surface area (Å²) < 4.78 is 11.1. The average molecular weight is 242 g/mol. The summed E-state index contributed by atoms with van der Waals surface area (Å²) in [5.41, 5.74) is 1.06. The van der Waals surface area contributed by atoms with Crippen LogP contribution in [0.2, 0.25) is 5.02 Å². The first-order valence-corrected chi connectivity index (χ1v) is 5.83. The second-order valence-electron chi connectivity index (χ2n) is 3.95. The molecule has 0 amide bonds. The summed E-state index contributed by atoms with van der Waals surface area (Å²) in [5.74, 6) is 0.886. The molecule has 16 heavy (non-hydrogen) atoms. The molecule has 0 radical (unpaired) electrons. The van der Waals surface area contributed by atoms with Crippen molar-refractivity contribution in [2.24, 2.45) is 0 Å². The van der Waals surface area contributed by atoms with Crippen molar-refractivity contribution in [2.45, 2.75) is 13.0 Å². The van der Waals surface area contributed by atoms with E-state index in [9.17, 15) is 0 Å². The molecule has 1 atom stereocenters. The van der Waals surface area contributed by atoms with Crippen molar-refractivity contribution in [3.05, 3.63) is 28.8 Å². The summed E-state index contributed by atoms with van der Waals surface area (Å²) in [5, 5.41) is 4.08. The van der Waals surface area contributed by atoms with E-state index in [1.54, 1.807) is 0 Å². The number of aryl methyl sites for hydroxylation is 1. The molecule has 1 fully saturated rings. The van der Waals surface area contributed by atoms with Crippen molar-refractivity contribution in [1.82, 2.24) is 5.32 Å². The highest BCUT2D eigenvalue weighted by Crippen LogP contribution is 2.21. The Kier molecular flexibility index (Phi) is 4.04. The van der Waals surface area contributed by atoms with Gasteiger partial charge in [-0.15, -0.1) is 0 Å². The van der Waals surface area contributed by atoms with Gasteiger partial charge in [-0.05, 0) is 30.7 Å². The van der Waals surface area contributed by atoms with Crippen LogP contribution in [0.25, 0.3) is 0 Å². The Labute approximate surface area is 101 Å². The number of nitrogens with one attached hydrogen (secondary N) is 1. The third-order valence-electron chi connectivity index (χ3n) is 2.58. The van der Waals surface area contributed by atoms with Crippen molar-refractivity contribution in [3.63, 3.8) is 0 Å². The van der Waals surface area contributed by atoms with Gasteiger partial charge >= 0.3 is 0 Å². The van der Waals surface area contributed by atoms with E-state index in [1.165, 1.54) is 0 Å². The van der Waals surface area contributed by atoms with Crippen LogP contribution < -0.4 is 10.1 Å². The van der Waals surface area contributed by atoms with Crippen LogP contribution >= 0.6 is 11.6 Å². The molecule has 0 aliphatic carbocycles. The number of morpholine rings is 1. The maximum Gasteiger partial charge on any atom is 0.122 e. The molecule has 1 aromatic carbocycles. The first-order valence-electron chi connectivity index (χ1n) is 5.46. The van der Waals surface area contributed by atoms with Crippen LogP contribution in [0.15, 0.2) is 18.2 Å². The Hall–Kier alpha value is -0.770. The molecule has 0 saturated carbocycles. The van der Waals surface area contributed by atoms with Gasteiger partial charge in [0.2, 0.25) is 0 Å². The lowest BCUT2D eigenvalue weighted by atomic mass is 10.2. The summed E-state index contributed by atoms with van der Waals surface area (Å²) in [4.78, 5) is 0. The van der Waals surface area contributed by atoms with E-state index >= 15 is 0 Å². The van der Waals surface area contributed by atoms with Gasteiger partial charge in [0.25, 0.3) is 0 Å². The highest BCUT2D eigenvalue weighted by Gasteiger charge is 2.13. The normalized spacial score (nSPS) is 20.8. The number of ether oxygens (including phenoxy) is 2. The number of halogens is 1. The number of rotatable bonds is 3. The molecule has 1 saturated heterocycles. The second kappa shape index (κ2) is 5.53. The van der Waals surface area contributed by atoms with Crippen molar-refractivity contribution >= 4 is 11.6 Å². The lowest BCUT2D eigenvalue weighted by Gasteiger charge is -2.24. The van der Waals surface area contributed by atoms with Crippen molar-refractivity contribution < 1.29 is 9.47 Å². The fourth-order valence-electron chi connectivity index (χ4n) is 1.69.